The first-order valence-electron chi connectivity index (χ1n) is 1.23. The number of hydrogen-bond donors (Lipinski definition) is 0. The number of nitrogens with zero attached hydrogens (tertiary/aromatic N) is 3. The molecule has 3 nitrogen and oxygen atoms in total. The Bertz CT molecular complexity index is 65.3. The van der Waals surface area contributed by atoms with Crippen LogP contribution in [0.2, 0.25) is 0 Å². The van der Waals surface area contributed by atoms with Crippen molar-refractivity contribution in [1.82, 2.24) is 15.2 Å². The fourth-order valence-electron chi connectivity index (χ4n) is 0.149. The van der Waals surface area contributed by atoms with Crippen molar-refractivity contribution in [3.8, 4) is 0 Å². The maximum atomic E-state index is 3.50. The van der Waals surface area contributed by atoms with E-state index in [1.807, 2.05) is 0 Å². The van der Waals surface area contributed by atoms with Gasteiger partial charge >= 0.3 is 0 Å². The molecule has 6 heavy (non-hydrogen) atoms. The van der Waals surface area contributed by atoms with Crippen LogP contribution in [0.1, 0.15) is 0 Å². The number of aromatic nitrogens is 3. The molecule has 1 aromatic heterocycles. The minimum Gasteiger partial charge on any atom is -0.432 e. The molecule has 0 aromatic carbocycles. The van der Waals surface area contributed by atoms with Gasteiger partial charge in [0.15, 0.2) is 0 Å². The van der Waals surface area contributed by atoms with Crippen molar-refractivity contribution in [2.75, 3.05) is 0 Å². The van der Waals surface area contributed by atoms with Gasteiger partial charge in [-0.25, -0.2) is 0 Å². The fraction of sp³-hybridized carbons (Fsp3) is 0. The summed E-state index contributed by atoms with van der Waals surface area (Å²) in [5, 5.41) is 6.72. The number of hydrogen-bond acceptors (Lipinski definition) is 2. The molecule has 4 heteroatoms. The average Bonchev–Trinajstić information content (AvgIpc) is 1.76. The second-order valence-corrected chi connectivity index (χ2v) is 0.611. The van der Waals surface area contributed by atoms with Gasteiger partial charge < -0.3 is 10.1 Å². The van der Waals surface area contributed by atoms with Crippen LogP contribution >= 0.6 is 0 Å². The Labute approximate surface area is 47.1 Å². The summed E-state index contributed by atoms with van der Waals surface area (Å²) < 4.78 is 0. The maximum absolute atomic E-state index is 3.50. The molecule has 0 saturated carbocycles. The van der Waals surface area contributed by atoms with E-state index in [0.29, 0.717) is 0 Å². The molecule has 0 aliphatic heterocycles. The summed E-state index contributed by atoms with van der Waals surface area (Å²) >= 11 is 0. The van der Waals surface area contributed by atoms with Crippen LogP contribution in [-0.2, 0) is 18.6 Å². The van der Waals surface area contributed by atoms with Crippen molar-refractivity contribution in [2.45, 2.75) is 0 Å². The van der Waals surface area contributed by atoms with E-state index in [0.717, 1.165) is 0 Å². The summed E-state index contributed by atoms with van der Waals surface area (Å²) in [5.41, 5.74) is 0. The van der Waals surface area contributed by atoms with Crippen LogP contribution in [0.15, 0.2) is 12.7 Å². The smallest absolute Gasteiger partial charge is 0.0119 e. The van der Waals surface area contributed by atoms with Gasteiger partial charge in [0, 0.05) is 24.9 Å². The third kappa shape index (κ3) is 1.24. The van der Waals surface area contributed by atoms with Crippen molar-refractivity contribution >= 4 is 0 Å². The summed E-state index contributed by atoms with van der Waals surface area (Å²) in [6.07, 6.45) is 2.78. The molecule has 0 unspecified atom stereocenters. The molecule has 1 rings (SSSR count). The molecule has 1 aromatic rings. The minimum absolute atomic E-state index is 0. The first-order valence-corrected chi connectivity index (χ1v) is 1.23. The zero-order valence-electron chi connectivity index (χ0n) is 2.94. The normalized spacial score (nSPS) is 6.67. The van der Waals surface area contributed by atoms with E-state index in [9.17, 15) is 0 Å². The van der Waals surface area contributed by atoms with E-state index >= 15 is 0 Å². The molecule has 0 spiro atoms. The van der Waals surface area contributed by atoms with E-state index in [1.165, 1.54) is 12.7 Å². The zero-order chi connectivity index (χ0) is 3.54. The van der Waals surface area contributed by atoms with Gasteiger partial charge in [-0.05, 0) is 0 Å². The molecule has 1 radical (unpaired) electrons. The third-order valence-corrected chi connectivity index (χ3v) is 0.303. The van der Waals surface area contributed by atoms with Crippen molar-refractivity contribution in [3.63, 3.8) is 0 Å². The Balaban J connectivity index is 0.000000250. The topological polar surface area (TPSA) is 39.9 Å². The predicted octanol–water partition coefficient (Wildman–Crippen LogP) is -0.569. The summed E-state index contributed by atoms with van der Waals surface area (Å²) in [6, 6.07) is 0. The Morgan fingerprint density at radius 2 is 2.33 bits per heavy atom. The van der Waals surface area contributed by atoms with Crippen molar-refractivity contribution < 1.29 is 18.6 Å². The van der Waals surface area contributed by atoms with Crippen LogP contribution in [0, 0.1) is 0 Å². The van der Waals surface area contributed by atoms with Gasteiger partial charge in [-0.2, -0.15) is 0 Å². The average molecular weight is 119 g/mol. The molecule has 1 heterocycles. The Kier molecular flexibility index (Phi) is 2.80. The van der Waals surface area contributed by atoms with Gasteiger partial charge in [0.2, 0.25) is 0 Å². The van der Waals surface area contributed by atoms with Gasteiger partial charge in [0.1, 0.15) is 0 Å². The molecule has 0 N–H and O–H groups in total. The summed E-state index contributed by atoms with van der Waals surface area (Å²) in [7, 11) is 0. The van der Waals surface area contributed by atoms with Gasteiger partial charge in [-0.3, -0.25) is 5.10 Å². The van der Waals surface area contributed by atoms with Gasteiger partial charge in [0.25, 0.3) is 0 Å². The molecular weight excluding hydrogens is 117 g/mol. The van der Waals surface area contributed by atoms with Crippen LogP contribution < -0.4 is 5.10 Å². The van der Waals surface area contributed by atoms with Crippen LogP contribution in [0.5, 0.6) is 0 Å². The van der Waals surface area contributed by atoms with Crippen molar-refractivity contribution in [3.05, 3.63) is 12.7 Å². The van der Waals surface area contributed by atoms with Crippen LogP contribution in [0.3, 0.4) is 0 Å². The van der Waals surface area contributed by atoms with Crippen LogP contribution in [0.25, 0.3) is 0 Å². The Morgan fingerprint density at radius 3 is 2.50 bits per heavy atom. The van der Waals surface area contributed by atoms with E-state index in [4.69, 9.17) is 0 Å². The first kappa shape index (κ1) is 5.72. The second kappa shape index (κ2) is 2.94. The van der Waals surface area contributed by atoms with Crippen molar-refractivity contribution in [2.24, 2.45) is 0 Å². The quantitative estimate of drug-likeness (QED) is 0.459. The first-order chi connectivity index (χ1) is 2.50. The van der Waals surface area contributed by atoms with Gasteiger partial charge in [-0.15, -0.1) is 0 Å². The van der Waals surface area contributed by atoms with E-state index in [1.54, 1.807) is 0 Å². The summed E-state index contributed by atoms with van der Waals surface area (Å²) in [4.78, 5) is 3.50. The molecule has 0 aliphatic carbocycles. The summed E-state index contributed by atoms with van der Waals surface area (Å²) in [5.74, 6) is 0. The molecule has 0 fully saturated rings. The Morgan fingerprint density at radius 1 is 1.50 bits per heavy atom. The molecule has 31 valence electrons. The van der Waals surface area contributed by atoms with Gasteiger partial charge in [0.05, 0.1) is 0 Å². The monoisotopic (exact) mass is 119 g/mol. The molecule has 0 amide bonds. The molecule has 0 saturated heterocycles. The molecule has 0 aliphatic rings. The third-order valence-electron chi connectivity index (χ3n) is 0.303. The fourth-order valence-corrected chi connectivity index (χ4v) is 0.149. The second-order valence-electron chi connectivity index (χ2n) is 0.611. The zero-order valence-corrected chi connectivity index (χ0v) is 4.34. The summed E-state index contributed by atoms with van der Waals surface area (Å²) in [6.45, 7) is 0. The van der Waals surface area contributed by atoms with Crippen LogP contribution in [0.4, 0.5) is 0 Å². The largest absolute Gasteiger partial charge is 0.432 e. The van der Waals surface area contributed by atoms with E-state index in [2.05, 4.69) is 15.2 Å². The SMILES string of the molecule is [V].c1nc[n-]n1. The maximum Gasteiger partial charge on any atom is 0.0119 e. The minimum atomic E-state index is 0. The van der Waals surface area contributed by atoms with Crippen molar-refractivity contribution in [1.29, 1.82) is 0 Å². The predicted molar refractivity (Wildman–Crippen MR) is 15.4 cm³/mol. The Hall–Kier alpha value is -0.276. The molecule has 0 bridgehead atoms. The van der Waals surface area contributed by atoms with Crippen LogP contribution in [-0.4, -0.2) is 10.1 Å². The number of rotatable bonds is 0. The van der Waals surface area contributed by atoms with E-state index < -0.39 is 0 Å². The molecule has 0 atom stereocenters. The van der Waals surface area contributed by atoms with E-state index in [-0.39, 0.29) is 18.6 Å². The molecular formula is C2H2N3V-. The van der Waals surface area contributed by atoms with Gasteiger partial charge in [-0.1, -0.05) is 6.33 Å². The standard InChI is InChI=1S/C2H2N3.V/c1-3-2-5-4-1;/h1-2H;/q-1;.